The van der Waals surface area contributed by atoms with Gasteiger partial charge in [0, 0.05) is 18.7 Å². The lowest BCUT2D eigenvalue weighted by Gasteiger charge is -2.14. The van der Waals surface area contributed by atoms with Crippen LogP contribution >= 0.6 is 24.0 Å². The molecule has 0 aromatic heterocycles. The Balaban J connectivity index is 1.63. The third kappa shape index (κ3) is 5.37. The van der Waals surface area contributed by atoms with Crippen LogP contribution in [0, 0.1) is 5.82 Å². The molecule has 0 bridgehead atoms. The summed E-state index contributed by atoms with van der Waals surface area (Å²) in [6.07, 6.45) is 1.71. The van der Waals surface area contributed by atoms with Crippen molar-refractivity contribution in [2.24, 2.45) is 0 Å². The second-order valence-electron chi connectivity index (χ2n) is 6.30. The van der Waals surface area contributed by atoms with E-state index in [2.05, 4.69) is 5.32 Å². The van der Waals surface area contributed by atoms with E-state index < -0.39 is 0 Å². The molecule has 156 valence electrons. The first-order valence-electron chi connectivity index (χ1n) is 9.14. The fraction of sp³-hybridized carbons (Fsp3) is 0.190. The molecule has 9 heteroatoms. The lowest BCUT2D eigenvalue weighted by molar-refractivity contribution is -0.122. The number of anilines is 1. The zero-order valence-electron chi connectivity index (χ0n) is 16.1. The Morgan fingerprint density at radius 3 is 2.73 bits per heavy atom. The van der Waals surface area contributed by atoms with E-state index in [1.807, 2.05) is 6.92 Å². The van der Waals surface area contributed by atoms with Crippen LogP contribution in [0.25, 0.3) is 6.08 Å². The summed E-state index contributed by atoms with van der Waals surface area (Å²) >= 11 is 6.43. The Kier molecular flexibility index (Phi) is 7.07. The van der Waals surface area contributed by atoms with Gasteiger partial charge in [0.05, 0.1) is 11.5 Å². The van der Waals surface area contributed by atoms with Crippen molar-refractivity contribution in [2.45, 2.75) is 13.3 Å². The molecule has 30 heavy (non-hydrogen) atoms. The maximum Gasteiger partial charge on any atom is 0.266 e. The zero-order chi connectivity index (χ0) is 21.7. The van der Waals surface area contributed by atoms with Crippen molar-refractivity contribution >= 4 is 51.9 Å². The number of aromatic hydroxyl groups is 1. The first kappa shape index (κ1) is 21.8. The van der Waals surface area contributed by atoms with Crippen LogP contribution < -0.4 is 10.1 Å². The molecule has 2 aromatic rings. The van der Waals surface area contributed by atoms with Crippen molar-refractivity contribution in [2.75, 3.05) is 18.5 Å². The first-order chi connectivity index (χ1) is 14.4. The zero-order valence-corrected chi connectivity index (χ0v) is 17.7. The van der Waals surface area contributed by atoms with Gasteiger partial charge in [-0.15, -0.1) is 0 Å². The molecule has 1 saturated heterocycles. The molecule has 0 saturated carbocycles. The Morgan fingerprint density at radius 2 is 2.03 bits per heavy atom. The molecular weight excluding hydrogens is 427 g/mol. The molecule has 2 N–H and O–H groups in total. The first-order valence-corrected chi connectivity index (χ1v) is 10.4. The van der Waals surface area contributed by atoms with Crippen molar-refractivity contribution < 1.29 is 23.8 Å². The van der Waals surface area contributed by atoms with Crippen molar-refractivity contribution in [1.82, 2.24) is 4.90 Å². The molecule has 0 aliphatic carbocycles. The quantitative estimate of drug-likeness (QED) is 0.491. The topological polar surface area (TPSA) is 78.9 Å². The summed E-state index contributed by atoms with van der Waals surface area (Å²) in [5.74, 6) is -0.627. The van der Waals surface area contributed by atoms with E-state index in [0.29, 0.717) is 32.8 Å². The summed E-state index contributed by atoms with van der Waals surface area (Å²) in [7, 11) is 0. The fourth-order valence-corrected chi connectivity index (χ4v) is 4.01. The summed E-state index contributed by atoms with van der Waals surface area (Å²) in [5, 5.41) is 12.5. The molecule has 0 unspecified atom stereocenters. The highest BCUT2D eigenvalue weighted by Crippen LogP contribution is 2.34. The van der Waals surface area contributed by atoms with Gasteiger partial charge in [-0.1, -0.05) is 30.0 Å². The van der Waals surface area contributed by atoms with Crippen LogP contribution in [-0.2, 0) is 9.59 Å². The number of hydrogen-bond donors (Lipinski definition) is 2. The van der Waals surface area contributed by atoms with Crippen molar-refractivity contribution in [1.29, 1.82) is 0 Å². The highest BCUT2D eigenvalue weighted by molar-refractivity contribution is 8.26. The maximum atomic E-state index is 12.9. The number of thiocarbonyl (C=S) groups is 1. The SMILES string of the molecule is CCOc1cc(/C=C2\SC(=S)N(CCC(=O)Nc3ccc(F)cc3)C2=O)ccc1O. The average Bonchev–Trinajstić information content (AvgIpc) is 2.97. The molecule has 0 atom stereocenters. The van der Waals surface area contributed by atoms with Crippen molar-refractivity contribution in [3.8, 4) is 11.5 Å². The summed E-state index contributed by atoms with van der Waals surface area (Å²) < 4.78 is 18.7. The van der Waals surface area contributed by atoms with E-state index in [0.717, 1.165) is 11.8 Å². The molecule has 2 aromatic carbocycles. The van der Waals surface area contributed by atoms with Crippen molar-refractivity contribution in [3.63, 3.8) is 0 Å². The van der Waals surface area contributed by atoms with Gasteiger partial charge in [-0.3, -0.25) is 14.5 Å². The largest absolute Gasteiger partial charge is 0.504 e. The number of hydrogen-bond acceptors (Lipinski definition) is 6. The van der Waals surface area contributed by atoms with E-state index in [1.54, 1.807) is 18.2 Å². The number of rotatable bonds is 7. The van der Waals surface area contributed by atoms with Gasteiger partial charge < -0.3 is 15.2 Å². The standard InChI is InChI=1S/C21H19FN2O4S2/c1-2-28-17-11-13(3-8-16(17)25)12-18-20(27)24(21(29)30-18)10-9-19(26)23-15-6-4-14(22)5-7-15/h3-8,11-12,25H,2,9-10H2,1H3,(H,23,26)/b18-12-. The summed E-state index contributed by atoms with van der Waals surface area (Å²) in [6.45, 7) is 2.34. The normalized spacial score (nSPS) is 15.0. The van der Waals surface area contributed by atoms with Crippen LogP contribution in [0.5, 0.6) is 11.5 Å². The number of phenolic OH excluding ortho intramolecular Hbond substituents is 1. The van der Waals surface area contributed by atoms with E-state index in [4.69, 9.17) is 17.0 Å². The number of nitrogens with zero attached hydrogens (tertiary/aromatic N) is 1. The number of ether oxygens (including phenoxy) is 1. The smallest absolute Gasteiger partial charge is 0.266 e. The van der Waals surface area contributed by atoms with Crippen LogP contribution in [0.3, 0.4) is 0 Å². The second kappa shape index (κ2) is 9.73. The Morgan fingerprint density at radius 1 is 1.30 bits per heavy atom. The lowest BCUT2D eigenvalue weighted by Crippen LogP contribution is -2.31. The predicted molar refractivity (Wildman–Crippen MR) is 119 cm³/mol. The number of phenols is 1. The second-order valence-corrected chi connectivity index (χ2v) is 7.97. The number of carbonyl (C=O) groups is 2. The minimum Gasteiger partial charge on any atom is -0.504 e. The number of amides is 2. The number of benzene rings is 2. The van der Waals surface area contributed by atoms with Gasteiger partial charge in [-0.25, -0.2) is 4.39 Å². The molecule has 1 fully saturated rings. The van der Waals surface area contributed by atoms with Crippen LogP contribution in [0.1, 0.15) is 18.9 Å². The molecule has 0 spiro atoms. The van der Waals surface area contributed by atoms with Gasteiger partial charge in [-0.05, 0) is 55.0 Å². The number of halogens is 1. The van der Waals surface area contributed by atoms with Crippen LogP contribution in [0.4, 0.5) is 10.1 Å². The predicted octanol–water partition coefficient (Wildman–Crippen LogP) is 4.16. The number of carbonyl (C=O) groups excluding carboxylic acids is 2. The minimum absolute atomic E-state index is 0.0220. The molecule has 3 rings (SSSR count). The Labute approximate surface area is 182 Å². The third-order valence-corrected chi connectivity index (χ3v) is 5.52. The van der Waals surface area contributed by atoms with E-state index >= 15 is 0 Å². The summed E-state index contributed by atoms with van der Waals surface area (Å²) in [4.78, 5) is 26.6. The molecule has 6 nitrogen and oxygen atoms in total. The van der Waals surface area contributed by atoms with Gasteiger partial charge in [-0.2, -0.15) is 0 Å². The van der Waals surface area contributed by atoms with E-state index in [-0.39, 0.29) is 36.3 Å². The van der Waals surface area contributed by atoms with E-state index in [1.165, 1.54) is 35.2 Å². The highest BCUT2D eigenvalue weighted by Gasteiger charge is 2.32. The average molecular weight is 447 g/mol. The third-order valence-electron chi connectivity index (χ3n) is 4.15. The van der Waals surface area contributed by atoms with Gasteiger partial charge in [0.1, 0.15) is 10.1 Å². The van der Waals surface area contributed by atoms with Gasteiger partial charge in [0.15, 0.2) is 11.5 Å². The molecule has 1 aliphatic rings. The van der Waals surface area contributed by atoms with Crippen LogP contribution in [0.2, 0.25) is 0 Å². The van der Waals surface area contributed by atoms with E-state index in [9.17, 15) is 19.1 Å². The highest BCUT2D eigenvalue weighted by atomic mass is 32.2. The monoisotopic (exact) mass is 446 g/mol. The number of thioether (sulfide) groups is 1. The molecule has 2 amide bonds. The molecular formula is C21H19FN2O4S2. The minimum atomic E-state index is -0.389. The Hall–Kier alpha value is -2.91. The summed E-state index contributed by atoms with van der Waals surface area (Å²) in [6, 6.07) is 10.2. The summed E-state index contributed by atoms with van der Waals surface area (Å²) in [5.41, 5.74) is 1.16. The molecule has 0 radical (unpaired) electrons. The maximum absolute atomic E-state index is 12.9. The van der Waals surface area contributed by atoms with Crippen LogP contribution in [-0.4, -0.2) is 39.3 Å². The number of nitrogens with one attached hydrogen (secondary N) is 1. The van der Waals surface area contributed by atoms with Crippen molar-refractivity contribution in [3.05, 3.63) is 58.8 Å². The fourth-order valence-electron chi connectivity index (χ4n) is 2.71. The van der Waals surface area contributed by atoms with Gasteiger partial charge in [0.25, 0.3) is 5.91 Å². The van der Waals surface area contributed by atoms with Gasteiger partial charge in [0.2, 0.25) is 5.91 Å². The molecule has 1 heterocycles. The van der Waals surface area contributed by atoms with Crippen LogP contribution in [0.15, 0.2) is 47.4 Å². The Bertz CT molecular complexity index is 1010. The lowest BCUT2D eigenvalue weighted by atomic mass is 10.2. The molecule has 1 aliphatic heterocycles. The van der Waals surface area contributed by atoms with Gasteiger partial charge >= 0.3 is 0 Å².